The van der Waals surface area contributed by atoms with E-state index in [-0.39, 0.29) is 22.1 Å². The highest BCUT2D eigenvalue weighted by atomic mass is 32.2. The fourth-order valence-electron chi connectivity index (χ4n) is 2.18. The lowest BCUT2D eigenvalue weighted by Gasteiger charge is -2.11. The third-order valence-corrected chi connectivity index (χ3v) is 4.51. The van der Waals surface area contributed by atoms with Crippen molar-refractivity contribution in [1.29, 1.82) is 0 Å². The summed E-state index contributed by atoms with van der Waals surface area (Å²) in [7, 11) is 1.28. The Morgan fingerprint density at radius 2 is 1.90 bits per heavy atom. The molecule has 0 spiro atoms. The molecule has 0 heterocycles. The van der Waals surface area contributed by atoms with Gasteiger partial charge in [-0.1, -0.05) is 18.2 Å². The van der Waals surface area contributed by atoms with Crippen molar-refractivity contribution in [3.8, 4) is 11.5 Å². The Morgan fingerprint density at radius 3 is 2.55 bits per heavy atom. The number of hydrogen-bond acceptors (Lipinski definition) is 4. The van der Waals surface area contributed by atoms with Gasteiger partial charge >= 0.3 is 12.8 Å². The summed E-state index contributed by atoms with van der Waals surface area (Å²) >= 11 is 0.566. The number of anilines is 1. The van der Waals surface area contributed by atoms with Crippen LogP contribution >= 0.6 is 11.8 Å². The maximum Gasteiger partial charge on any atom is 0.398 e. The van der Waals surface area contributed by atoms with Crippen LogP contribution in [0.4, 0.5) is 27.6 Å². The molecular formula is C19H16F5NO3S. The molecule has 0 saturated heterocycles. The summed E-state index contributed by atoms with van der Waals surface area (Å²) in [4.78, 5) is 12.4. The topological polar surface area (TPSA) is 47.6 Å². The van der Waals surface area contributed by atoms with E-state index in [2.05, 4.69) is 10.1 Å². The summed E-state index contributed by atoms with van der Waals surface area (Å²) in [6.45, 7) is -3.01. The van der Waals surface area contributed by atoms with Gasteiger partial charge in [-0.25, -0.2) is 0 Å². The number of rotatable bonds is 8. The summed E-state index contributed by atoms with van der Waals surface area (Å²) in [5.41, 5.74) is 0.716. The van der Waals surface area contributed by atoms with Crippen molar-refractivity contribution in [1.82, 2.24) is 0 Å². The Hall–Kier alpha value is -2.75. The number of methoxy groups -OCH3 is 1. The Kier molecular flexibility index (Phi) is 7.89. The van der Waals surface area contributed by atoms with E-state index in [4.69, 9.17) is 4.74 Å². The lowest BCUT2D eigenvalue weighted by Crippen LogP contribution is -2.12. The average Bonchev–Trinajstić information content (AvgIpc) is 2.65. The molecule has 2 rings (SSSR count). The van der Waals surface area contributed by atoms with E-state index in [1.165, 1.54) is 43.5 Å². The van der Waals surface area contributed by atoms with Gasteiger partial charge in [0.1, 0.15) is 0 Å². The molecule has 1 N–H and O–H groups in total. The Morgan fingerprint density at radius 1 is 1.17 bits per heavy atom. The second-order valence-electron chi connectivity index (χ2n) is 5.51. The van der Waals surface area contributed by atoms with Crippen LogP contribution in [0.15, 0.2) is 53.4 Å². The van der Waals surface area contributed by atoms with Crippen molar-refractivity contribution >= 4 is 29.4 Å². The van der Waals surface area contributed by atoms with Gasteiger partial charge in [-0.15, -0.1) is 11.8 Å². The number of amides is 1. The van der Waals surface area contributed by atoms with Crippen molar-refractivity contribution in [2.75, 3.05) is 18.2 Å². The van der Waals surface area contributed by atoms with E-state index >= 15 is 0 Å². The van der Waals surface area contributed by atoms with Gasteiger partial charge in [0.05, 0.1) is 18.6 Å². The first-order valence-electron chi connectivity index (χ1n) is 8.08. The average molecular weight is 433 g/mol. The molecule has 0 atom stereocenters. The number of carbonyl (C=O) groups excluding carboxylic acids is 1. The smallest absolute Gasteiger partial charge is 0.398 e. The van der Waals surface area contributed by atoms with Crippen LogP contribution in [0.5, 0.6) is 11.5 Å². The van der Waals surface area contributed by atoms with Gasteiger partial charge in [-0.3, -0.25) is 4.79 Å². The van der Waals surface area contributed by atoms with E-state index in [9.17, 15) is 26.7 Å². The maximum atomic E-state index is 12.4. The largest absolute Gasteiger partial charge is 0.493 e. The number of para-hydroxylation sites is 1. The van der Waals surface area contributed by atoms with Crippen molar-refractivity contribution in [3.63, 3.8) is 0 Å². The van der Waals surface area contributed by atoms with Crippen LogP contribution in [0, 0.1) is 0 Å². The molecule has 0 unspecified atom stereocenters. The van der Waals surface area contributed by atoms with Crippen LogP contribution in [0.2, 0.25) is 0 Å². The number of nitrogens with one attached hydrogen (secondary N) is 1. The van der Waals surface area contributed by atoms with Crippen molar-refractivity contribution < 1.29 is 36.2 Å². The minimum absolute atomic E-state index is 0.0572. The highest BCUT2D eigenvalue weighted by Gasteiger charge is 2.27. The Balaban J connectivity index is 2.07. The number of halogens is 5. The third kappa shape index (κ3) is 7.65. The molecule has 156 valence electrons. The van der Waals surface area contributed by atoms with Crippen LogP contribution in [0.3, 0.4) is 0 Å². The SMILES string of the molecule is COc1cc(/C=C/C(=O)Nc2ccccc2SCC(F)(F)F)ccc1OC(F)F. The minimum Gasteiger partial charge on any atom is -0.493 e. The van der Waals surface area contributed by atoms with Crippen molar-refractivity contribution in [2.24, 2.45) is 0 Å². The lowest BCUT2D eigenvalue weighted by molar-refractivity contribution is -0.112. The zero-order valence-electron chi connectivity index (χ0n) is 15.0. The van der Waals surface area contributed by atoms with Crippen LogP contribution in [0.25, 0.3) is 6.08 Å². The fourth-order valence-corrected chi connectivity index (χ4v) is 2.95. The van der Waals surface area contributed by atoms with Gasteiger partial charge in [0.2, 0.25) is 5.91 Å². The summed E-state index contributed by atoms with van der Waals surface area (Å²) in [5.74, 6) is -1.75. The van der Waals surface area contributed by atoms with Gasteiger partial charge < -0.3 is 14.8 Å². The standard InChI is InChI=1S/C19H16F5NO3S/c1-27-15-10-12(6-8-14(15)28-18(20)21)7-9-17(26)25-13-4-2-3-5-16(13)29-11-19(22,23)24/h2-10,18H,11H2,1H3,(H,25,26)/b9-7+. The summed E-state index contributed by atoms with van der Waals surface area (Å²) < 4.78 is 71.2. The van der Waals surface area contributed by atoms with Gasteiger partial charge in [-0.2, -0.15) is 22.0 Å². The highest BCUT2D eigenvalue weighted by molar-refractivity contribution is 7.99. The number of carbonyl (C=O) groups is 1. The number of alkyl halides is 5. The monoisotopic (exact) mass is 433 g/mol. The summed E-state index contributed by atoms with van der Waals surface area (Å²) in [5, 5.41) is 2.51. The number of thioether (sulfide) groups is 1. The molecule has 0 aliphatic heterocycles. The fraction of sp³-hybridized carbons (Fsp3) is 0.211. The first kappa shape index (κ1) is 22.5. The molecule has 0 aliphatic rings. The molecule has 0 radical (unpaired) electrons. The number of benzene rings is 2. The van der Waals surface area contributed by atoms with Gasteiger partial charge in [-0.05, 0) is 35.9 Å². The first-order valence-corrected chi connectivity index (χ1v) is 9.07. The zero-order valence-corrected chi connectivity index (χ0v) is 15.8. The number of ether oxygens (including phenoxy) is 2. The van der Waals surface area contributed by atoms with E-state index in [1.54, 1.807) is 12.1 Å². The van der Waals surface area contributed by atoms with Crippen LogP contribution in [-0.4, -0.2) is 31.6 Å². The van der Waals surface area contributed by atoms with Crippen molar-refractivity contribution in [3.05, 3.63) is 54.1 Å². The molecule has 29 heavy (non-hydrogen) atoms. The molecule has 4 nitrogen and oxygen atoms in total. The molecule has 0 bridgehead atoms. The Labute approximate surface area is 167 Å². The quantitative estimate of drug-likeness (QED) is 0.334. The predicted octanol–water partition coefficient (Wildman–Crippen LogP) is 5.60. The lowest BCUT2D eigenvalue weighted by atomic mass is 10.2. The minimum atomic E-state index is -4.33. The first-order chi connectivity index (χ1) is 13.7. The molecule has 0 saturated carbocycles. The normalized spacial score (nSPS) is 11.7. The van der Waals surface area contributed by atoms with E-state index in [0.717, 1.165) is 6.08 Å². The Bertz CT molecular complexity index is 871. The highest BCUT2D eigenvalue weighted by Crippen LogP contribution is 2.32. The molecule has 0 fully saturated rings. The molecule has 0 aliphatic carbocycles. The van der Waals surface area contributed by atoms with E-state index < -0.39 is 24.4 Å². The predicted molar refractivity (Wildman–Crippen MR) is 101 cm³/mol. The van der Waals surface area contributed by atoms with Crippen LogP contribution in [0.1, 0.15) is 5.56 Å². The molecule has 2 aromatic rings. The van der Waals surface area contributed by atoms with Gasteiger partial charge in [0.25, 0.3) is 0 Å². The van der Waals surface area contributed by atoms with Gasteiger partial charge in [0.15, 0.2) is 11.5 Å². The van der Waals surface area contributed by atoms with Gasteiger partial charge in [0, 0.05) is 11.0 Å². The number of hydrogen-bond donors (Lipinski definition) is 1. The summed E-state index contributed by atoms with van der Waals surface area (Å²) in [6.07, 6.45) is -1.77. The molecular weight excluding hydrogens is 417 g/mol. The molecule has 1 amide bonds. The van der Waals surface area contributed by atoms with E-state index in [1.807, 2.05) is 0 Å². The van der Waals surface area contributed by atoms with Crippen LogP contribution < -0.4 is 14.8 Å². The second-order valence-corrected chi connectivity index (χ2v) is 6.53. The van der Waals surface area contributed by atoms with E-state index in [0.29, 0.717) is 17.3 Å². The summed E-state index contributed by atoms with van der Waals surface area (Å²) in [6, 6.07) is 10.2. The van der Waals surface area contributed by atoms with Crippen molar-refractivity contribution in [2.45, 2.75) is 17.7 Å². The molecule has 2 aromatic carbocycles. The zero-order chi connectivity index (χ0) is 21.4. The molecule has 0 aromatic heterocycles. The third-order valence-electron chi connectivity index (χ3n) is 3.37. The maximum absolute atomic E-state index is 12.4. The second kappa shape index (κ2) is 10.1. The van der Waals surface area contributed by atoms with Crippen LogP contribution in [-0.2, 0) is 4.79 Å². The molecule has 10 heteroatoms.